The molecule has 0 aromatic carbocycles. The van der Waals surface area contributed by atoms with E-state index in [1.807, 2.05) is 0 Å². The van der Waals surface area contributed by atoms with Gasteiger partial charge in [-0.25, -0.2) is 5.01 Å². The zero-order valence-corrected chi connectivity index (χ0v) is 10.8. The van der Waals surface area contributed by atoms with Crippen LogP contribution in [0.1, 0.15) is 39.5 Å². The van der Waals surface area contributed by atoms with E-state index in [-0.39, 0.29) is 37.7 Å². The molecule has 0 bridgehead atoms. The minimum atomic E-state index is 0. The van der Waals surface area contributed by atoms with Gasteiger partial charge in [-0.2, -0.15) is 6.42 Å². The molecular weight excluding hydrogens is 313 g/mol. The number of nitrogens with one attached hydrogen (secondary N) is 1. The van der Waals surface area contributed by atoms with E-state index in [0.29, 0.717) is 0 Å². The van der Waals surface area contributed by atoms with Crippen LogP contribution in [0.15, 0.2) is 0 Å². The summed E-state index contributed by atoms with van der Waals surface area (Å²) in [6.07, 6.45) is 4.64. The van der Waals surface area contributed by atoms with Crippen molar-refractivity contribution in [1.82, 2.24) is 10.4 Å². The Morgan fingerprint density at radius 2 is 1.69 bits per heavy atom. The average Bonchev–Trinajstić information content (AvgIpc) is 2.06. The minimum absolute atomic E-state index is 0. The third kappa shape index (κ3) is 11.1. The van der Waals surface area contributed by atoms with Crippen molar-refractivity contribution in [1.29, 1.82) is 0 Å². The molecule has 0 saturated carbocycles. The molecule has 0 saturated heterocycles. The van der Waals surface area contributed by atoms with Crippen molar-refractivity contribution < 1.29 is 37.7 Å². The van der Waals surface area contributed by atoms with Crippen molar-refractivity contribution in [3.8, 4) is 0 Å². The Balaban J connectivity index is 0. The molecule has 1 radical (unpaired) electrons. The van der Waals surface area contributed by atoms with E-state index in [1.54, 1.807) is 0 Å². The van der Waals surface area contributed by atoms with Gasteiger partial charge in [0.2, 0.25) is 0 Å². The second-order valence-corrected chi connectivity index (χ2v) is 3.10. The van der Waals surface area contributed by atoms with Gasteiger partial charge in [-0.15, -0.1) is 0 Å². The van der Waals surface area contributed by atoms with Crippen LogP contribution in [0.3, 0.4) is 0 Å². The third-order valence-electron chi connectivity index (χ3n) is 1.75. The number of nitrogens with zero attached hydrogens (tertiary/aromatic N) is 1. The predicted molar refractivity (Wildman–Crippen MR) is 54.7 cm³/mol. The van der Waals surface area contributed by atoms with Gasteiger partial charge in [0.25, 0.3) is 0 Å². The Hall–Kier alpha value is 1.18. The van der Waals surface area contributed by atoms with Crippen LogP contribution in [-0.2, 0) is 0 Å². The normalized spacial score (nSPS) is 10.2. The van der Waals surface area contributed by atoms with Gasteiger partial charge in [0.15, 0.2) is 0 Å². The molecule has 1 N–H and O–H groups in total. The molecule has 0 atom stereocenters. The van der Waals surface area contributed by atoms with Gasteiger partial charge in [-0.05, 0) is 12.8 Å². The fraction of sp³-hybridized carbons (Fsp3) is 0.900. The van der Waals surface area contributed by atoms with Crippen LogP contribution in [0.2, 0.25) is 0 Å². The summed E-state index contributed by atoms with van der Waals surface area (Å²) in [5.74, 6) is 0. The first-order valence-corrected chi connectivity index (χ1v) is 5.12. The molecule has 2 nitrogen and oxygen atoms in total. The fourth-order valence-corrected chi connectivity index (χ4v) is 1.17. The average molecular weight is 336 g/mol. The molecule has 0 aromatic rings. The van der Waals surface area contributed by atoms with E-state index in [9.17, 15) is 0 Å². The van der Waals surface area contributed by atoms with Crippen LogP contribution in [0.4, 0.5) is 0 Å². The third-order valence-corrected chi connectivity index (χ3v) is 1.75. The van der Waals surface area contributed by atoms with E-state index in [1.165, 1.54) is 19.3 Å². The molecule has 0 spiro atoms. The summed E-state index contributed by atoms with van der Waals surface area (Å²) in [5.41, 5.74) is 3.42. The number of hydrogen-bond donors (Lipinski definition) is 1. The topological polar surface area (TPSA) is 15.3 Å². The van der Waals surface area contributed by atoms with Crippen molar-refractivity contribution in [3.05, 3.63) is 6.92 Å². The number of unbranched alkanes of at least 4 members (excludes halogenated alkanes) is 1. The van der Waals surface area contributed by atoms with Crippen molar-refractivity contribution in [2.24, 2.45) is 0 Å². The molecule has 0 aliphatic rings. The molecule has 0 aliphatic heterocycles. The minimum Gasteiger partial charge on any atom is -0.343 e. The Morgan fingerprint density at radius 1 is 1.15 bits per heavy atom. The Labute approximate surface area is 113 Å². The van der Waals surface area contributed by atoms with Gasteiger partial charge in [-0.1, -0.05) is 20.3 Å². The van der Waals surface area contributed by atoms with Crippen LogP contribution >= 0.6 is 0 Å². The summed E-state index contributed by atoms with van der Waals surface area (Å²) in [7, 11) is 0. The first-order chi connectivity index (χ1) is 5.85. The van der Waals surface area contributed by atoms with Crippen molar-refractivity contribution in [3.63, 3.8) is 0 Å². The van der Waals surface area contributed by atoms with E-state index in [4.69, 9.17) is 0 Å². The maximum absolute atomic E-state index is 3.82. The zero-order chi connectivity index (χ0) is 9.23. The Kier molecular flexibility index (Phi) is 16.8. The first-order valence-electron chi connectivity index (χ1n) is 5.12. The molecule has 3 heteroatoms. The predicted octanol–water partition coefficient (Wildman–Crippen LogP) is 2.23. The van der Waals surface area contributed by atoms with Crippen LogP contribution < -0.4 is 5.43 Å². The van der Waals surface area contributed by atoms with Crippen molar-refractivity contribution in [2.45, 2.75) is 39.5 Å². The molecule has 0 aromatic heterocycles. The molecule has 0 fully saturated rings. The van der Waals surface area contributed by atoms with Gasteiger partial charge >= 0.3 is 0 Å². The van der Waals surface area contributed by atoms with Crippen LogP contribution in [0, 0.1) is 44.7 Å². The maximum atomic E-state index is 3.82. The number of rotatable bonds is 8. The smallest absolute Gasteiger partial charge is 0.0128 e. The quantitative estimate of drug-likeness (QED) is 0.317. The maximum Gasteiger partial charge on any atom is 0.0128 e. The molecule has 13 heavy (non-hydrogen) atoms. The van der Waals surface area contributed by atoms with E-state index >= 15 is 0 Å². The Morgan fingerprint density at radius 3 is 2.08 bits per heavy atom. The monoisotopic (exact) mass is 336 g/mol. The van der Waals surface area contributed by atoms with Crippen molar-refractivity contribution >= 4 is 0 Å². The summed E-state index contributed by atoms with van der Waals surface area (Å²) >= 11 is 0. The molecule has 0 unspecified atom stereocenters. The van der Waals surface area contributed by atoms with Gasteiger partial charge in [0.05, 0.1) is 0 Å². The summed E-state index contributed by atoms with van der Waals surface area (Å²) in [4.78, 5) is 0. The second kappa shape index (κ2) is 13.2. The number of hydrazine groups is 1. The van der Waals surface area contributed by atoms with Gasteiger partial charge in [-0.3, -0.25) is 5.43 Å². The molecule has 0 aliphatic carbocycles. The van der Waals surface area contributed by atoms with E-state index < -0.39 is 0 Å². The number of hydrogen-bond acceptors (Lipinski definition) is 2. The van der Waals surface area contributed by atoms with Crippen molar-refractivity contribution in [2.75, 3.05) is 19.6 Å². The van der Waals surface area contributed by atoms with Crippen LogP contribution in [-0.4, -0.2) is 24.6 Å². The standard InChI is InChI=1S/C10H23N2.Ho/c1-4-7-8-11-12(9-5-2)10-6-3;/h11H,1,4-10H2,2-3H3;/q-1;. The summed E-state index contributed by atoms with van der Waals surface area (Å²) in [6.45, 7) is 11.6. The SMILES string of the molecule is [CH2-]CCCNN(CCC)CCC.[Ho]. The molecule has 85 valence electrons. The first kappa shape index (κ1) is 16.6. The summed E-state index contributed by atoms with van der Waals surface area (Å²) in [5, 5.41) is 2.32. The molecular formula is C10H23HoN2-. The molecule has 0 rings (SSSR count). The summed E-state index contributed by atoms with van der Waals surface area (Å²) < 4.78 is 0. The molecule has 0 amide bonds. The fourth-order valence-electron chi connectivity index (χ4n) is 1.17. The second-order valence-electron chi connectivity index (χ2n) is 3.10. The van der Waals surface area contributed by atoms with E-state index in [2.05, 4.69) is 31.2 Å². The van der Waals surface area contributed by atoms with Gasteiger partial charge < -0.3 is 6.92 Å². The van der Waals surface area contributed by atoms with Crippen LogP contribution in [0.5, 0.6) is 0 Å². The van der Waals surface area contributed by atoms with Gasteiger partial charge in [0.1, 0.15) is 0 Å². The van der Waals surface area contributed by atoms with Gasteiger partial charge in [0, 0.05) is 57.4 Å². The largest absolute Gasteiger partial charge is 0.343 e. The van der Waals surface area contributed by atoms with E-state index in [0.717, 1.165) is 26.1 Å². The zero-order valence-electron chi connectivity index (χ0n) is 8.91. The van der Waals surface area contributed by atoms with Crippen LogP contribution in [0.25, 0.3) is 0 Å². The molecule has 0 heterocycles. The summed E-state index contributed by atoms with van der Waals surface area (Å²) in [6, 6.07) is 0. The Bertz CT molecular complexity index is 83.0.